The van der Waals surface area contributed by atoms with Crippen LogP contribution in [0, 0.1) is 0 Å². The number of hydrogen-bond donors (Lipinski definition) is 1. The Morgan fingerprint density at radius 1 is 1.40 bits per heavy atom. The van der Waals surface area contributed by atoms with Gasteiger partial charge in [-0.1, -0.05) is 11.6 Å². The highest BCUT2D eigenvalue weighted by molar-refractivity contribution is 7.18. The van der Waals surface area contributed by atoms with Gasteiger partial charge in [-0.3, -0.25) is 14.5 Å². The maximum atomic E-state index is 12.4. The van der Waals surface area contributed by atoms with Crippen LogP contribution in [0.15, 0.2) is 12.1 Å². The van der Waals surface area contributed by atoms with Crippen LogP contribution in [-0.4, -0.2) is 41.8 Å². The maximum Gasteiger partial charge on any atom is 0.217 e. The number of carbonyl (C=O) groups is 2. The van der Waals surface area contributed by atoms with Crippen molar-refractivity contribution in [3.8, 4) is 0 Å². The molecule has 1 atom stereocenters. The van der Waals surface area contributed by atoms with E-state index in [9.17, 15) is 9.59 Å². The molecule has 1 fully saturated rings. The van der Waals surface area contributed by atoms with Crippen molar-refractivity contribution in [2.75, 3.05) is 13.1 Å². The van der Waals surface area contributed by atoms with E-state index in [0.29, 0.717) is 9.21 Å². The SMILES string of the molecule is CC(=O)NC1CCN(C(C)C(=O)c2ccc(Cl)s2)CC1. The Morgan fingerprint density at radius 2 is 2.05 bits per heavy atom. The van der Waals surface area contributed by atoms with E-state index in [1.54, 1.807) is 19.1 Å². The molecule has 0 bridgehead atoms. The van der Waals surface area contributed by atoms with Gasteiger partial charge in [0.1, 0.15) is 0 Å². The first-order valence-corrected chi connectivity index (χ1v) is 7.97. The van der Waals surface area contributed by atoms with Crippen molar-refractivity contribution >= 4 is 34.6 Å². The van der Waals surface area contributed by atoms with Gasteiger partial charge in [0.05, 0.1) is 15.3 Å². The normalized spacial score (nSPS) is 18.8. The zero-order valence-corrected chi connectivity index (χ0v) is 13.3. The second-order valence-electron chi connectivity index (χ2n) is 5.15. The smallest absolute Gasteiger partial charge is 0.217 e. The van der Waals surface area contributed by atoms with E-state index in [0.717, 1.165) is 25.9 Å². The quantitative estimate of drug-likeness (QED) is 0.869. The third-order valence-electron chi connectivity index (χ3n) is 3.68. The van der Waals surface area contributed by atoms with Gasteiger partial charge in [-0.25, -0.2) is 0 Å². The zero-order valence-electron chi connectivity index (χ0n) is 11.7. The Hall–Kier alpha value is -0.910. The Morgan fingerprint density at radius 3 is 2.55 bits per heavy atom. The van der Waals surface area contributed by atoms with E-state index in [1.807, 2.05) is 6.92 Å². The summed E-state index contributed by atoms with van der Waals surface area (Å²) in [5.41, 5.74) is 0. The van der Waals surface area contributed by atoms with Crippen LogP contribution in [-0.2, 0) is 4.79 Å². The van der Waals surface area contributed by atoms with Crippen molar-refractivity contribution in [3.63, 3.8) is 0 Å². The standard InChI is InChI=1S/C14H19ClN2O2S/c1-9(14(19)12-3-4-13(15)20-12)17-7-5-11(6-8-17)16-10(2)18/h3-4,9,11H,5-8H2,1-2H3,(H,16,18). The lowest BCUT2D eigenvalue weighted by atomic mass is 10.0. The van der Waals surface area contributed by atoms with Crippen molar-refractivity contribution in [3.05, 3.63) is 21.3 Å². The molecule has 1 aliphatic heterocycles. The van der Waals surface area contributed by atoms with Gasteiger partial charge < -0.3 is 5.32 Å². The second-order valence-corrected chi connectivity index (χ2v) is 6.87. The number of carbonyl (C=O) groups excluding carboxylic acids is 2. The van der Waals surface area contributed by atoms with E-state index in [4.69, 9.17) is 11.6 Å². The predicted molar refractivity (Wildman–Crippen MR) is 81.5 cm³/mol. The number of thiophene rings is 1. The number of nitrogens with zero attached hydrogens (tertiary/aromatic N) is 1. The molecule has 2 heterocycles. The van der Waals surface area contributed by atoms with Gasteiger partial charge in [0.25, 0.3) is 0 Å². The number of halogens is 1. The lowest BCUT2D eigenvalue weighted by molar-refractivity contribution is -0.120. The molecule has 4 nitrogen and oxygen atoms in total. The maximum absolute atomic E-state index is 12.4. The zero-order chi connectivity index (χ0) is 14.7. The summed E-state index contributed by atoms with van der Waals surface area (Å²) in [5.74, 6) is 0.140. The number of likely N-dealkylation sites (tertiary alicyclic amines) is 1. The molecule has 2 rings (SSSR count). The predicted octanol–water partition coefficient (Wildman–Crippen LogP) is 2.57. The number of hydrogen-bond acceptors (Lipinski definition) is 4. The molecule has 1 saturated heterocycles. The number of piperidine rings is 1. The fourth-order valence-corrected chi connectivity index (χ4v) is 3.60. The van der Waals surface area contributed by atoms with E-state index in [1.165, 1.54) is 11.3 Å². The van der Waals surface area contributed by atoms with Crippen LogP contribution in [0.1, 0.15) is 36.4 Å². The lowest BCUT2D eigenvalue weighted by Crippen LogP contribution is -2.48. The largest absolute Gasteiger partial charge is 0.354 e. The minimum absolute atomic E-state index is 0.0146. The van der Waals surface area contributed by atoms with Crippen LogP contribution >= 0.6 is 22.9 Å². The van der Waals surface area contributed by atoms with Crippen LogP contribution in [0.3, 0.4) is 0 Å². The van der Waals surface area contributed by atoms with Gasteiger partial charge in [0.2, 0.25) is 5.91 Å². The first-order valence-electron chi connectivity index (χ1n) is 6.78. The van der Waals surface area contributed by atoms with Crippen molar-refractivity contribution in [2.24, 2.45) is 0 Å². The molecule has 1 N–H and O–H groups in total. The van der Waals surface area contributed by atoms with Gasteiger partial charge in [0, 0.05) is 26.1 Å². The summed E-state index contributed by atoms with van der Waals surface area (Å²) in [6.07, 6.45) is 1.78. The molecule has 1 amide bonds. The molecule has 0 radical (unpaired) electrons. The Kier molecular flexibility index (Phi) is 5.18. The Labute approximate surface area is 128 Å². The Bertz CT molecular complexity index is 495. The highest BCUT2D eigenvalue weighted by Crippen LogP contribution is 2.24. The van der Waals surface area contributed by atoms with E-state index in [2.05, 4.69) is 10.2 Å². The van der Waals surface area contributed by atoms with Crippen LogP contribution in [0.2, 0.25) is 4.34 Å². The van der Waals surface area contributed by atoms with Gasteiger partial charge in [-0.05, 0) is 31.9 Å². The molecule has 1 aliphatic rings. The molecule has 0 saturated carbocycles. The summed E-state index contributed by atoms with van der Waals surface area (Å²) in [7, 11) is 0. The van der Waals surface area contributed by atoms with Gasteiger partial charge in [-0.15, -0.1) is 11.3 Å². The van der Waals surface area contributed by atoms with E-state index < -0.39 is 0 Å². The summed E-state index contributed by atoms with van der Waals surface area (Å²) < 4.78 is 0.643. The lowest BCUT2D eigenvalue weighted by Gasteiger charge is -2.35. The molecular weight excluding hydrogens is 296 g/mol. The minimum Gasteiger partial charge on any atom is -0.354 e. The summed E-state index contributed by atoms with van der Waals surface area (Å²) in [4.78, 5) is 26.3. The summed E-state index contributed by atoms with van der Waals surface area (Å²) in [6, 6.07) is 3.65. The topological polar surface area (TPSA) is 49.4 Å². The first-order chi connectivity index (χ1) is 9.47. The molecule has 1 unspecified atom stereocenters. The minimum atomic E-state index is -0.136. The Balaban J connectivity index is 1.90. The van der Waals surface area contributed by atoms with Crippen LogP contribution in [0.25, 0.3) is 0 Å². The van der Waals surface area contributed by atoms with Gasteiger partial charge >= 0.3 is 0 Å². The van der Waals surface area contributed by atoms with Crippen molar-refractivity contribution in [1.29, 1.82) is 0 Å². The molecular formula is C14H19ClN2O2S. The van der Waals surface area contributed by atoms with Gasteiger partial charge in [-0.2, -0.15) is 0 Å². The van der Waals surface area contributed by atoms with Crippen LogP contribution < -0.4 is 5.32 Å². The average Bonchev–Trinajstić information content (AvgIpc) is 2.84. The van der Waals surface area contributed by atoms with Gasteiger partial charge in [0.15, 0.2) is 5.78 Å². The molecule has 1 aromatic rings. The number of amides is 1. The molecule has 0 aliphatic carbocycles. The molecule has 1 aromatic heterocycles. The first kappa shape index (κ1) is 15.5. The fourth-order valence-electron chi connectivity index (χ4n) is 2.54. The summed E-state index contributed by atoms with van der Waals surface area (Å²) in [6.45, 7) is 5.14. The number of nitrogens with one attached hydrogen (secondary N) is 1. The summed E-state index contributed by atoms with van der Waals surface area (Å²) >= 11 is 7.20. The second kappa shape index (κ2) is 6.70. The monoisotopic (exact) mass is 314 g/mol. The number of rotatable bonds is 4. The van der Waals surface area contributed by atoms with E-state index >= 15 is 0 Å². The van der Waals surface area contributed by atoms with Crippen molar-refractivity contribution < 1.29 is 9.59 Å². The average molecular weight is 315 g/mol. The number of Topliss-reactive ketones (excluding diaryl/α,β-unsaturated/α-hetero) is 1. The van der Waals surface area contributed by atoms with E-state index in [-0.39, 0.29) is 23.8 Å². The van der Waals surface area contributed by atoms with Crippen molar-refractivity contribution in [2.45, 2.75) is 38.8 Å². The molecule has 0 aromatic carbocycles. The fraction of sp³-hybridized carbons (Fsp3) is 0.571. The van der Waals surface area contributed by atoms with Crippen molar-refractivity contribution in [1.82, 2.24) is 10.2 Å². The molecule has 6 heteroatoms. The third-order valence-corrected chi connectivity index (χ3v) is 4.93. The summed E-state index contributed by atoms with van der Waals surface area (Å²) in [5, 5.41) is 2.94. The molecule has 110 valence electrons. The van der Waals surface area contributed by atoms with Crippen LogP contribution in [0.4, 0.5) is 0 Å². The third kappa shape index (κ3) is 3.81. The molecule has 0 spiro atoms. The molecule has 20 heavy (non-hydrogen) atoms. The number of ketones is 1. The van der Waals surface area contributed by atoms with Crippen LogP contribution in [0.5, 0.6) is 0 Å². The highest BCUT2D eigenvalue weighted by Gasteiger charge is 2.28. The highest BCUT2D eigenvalue weighted by atomic mass is 35.5.